The van der Waals surface area contributed by atoms with Gasteiger partial charge in [0.05, 0.1) is 13.2 Å². The lowest BCUT2D eigenvalue weighted by atomic mass is 9.91. The van der Waals surface area contributed by atoms with Crippen LogP contribution in [0.3, 0.4) is 0 Å². The lowest BCUT2D eigenvalue weighted by molar-refractivity contribution is -0.140. The van der Waals surface area contributed by atoms with Crippen LogP contribution in [0.4, 0.5) is 4.39 Å². The quantitative estimate of drug-likeness (QED) is 0.508. The number of rotatable bonds is 6. The van der Waals surface area contributed by atoms with E-state index < -0.39 is 17.4 Å². The van der Waals surface area contributed by atoms with E-state index in [2.05, 4.69) is 0 Å². The summed E-state index contributed by atoms with van der Waals surface area (Å²) >= 11 is 0. The summed E-state index contributed by atoms with van der Waals surface area (Å²) in [4.78, 5) is 11.9. The van der Waals surface area contributed by atoms with Gasteiger partial charge in [0.2, 0.25) is 5.83 Å². The average molecular weight is 362 g/mol. The fourth-order valence-electron chi connectivity index (χ4n) is 3.16. The Bertz CT molecular complexity index is 760. The van der Waals surface area contributed by atoms with Gasteiger partial charge in [-0.1, -0.05) is 6.92 Å². The monoisotopic (exact) mass is 362 g/mol. The molecule has 0 N–H and O–H groups in total. The summed E-state index contributed by atoms with van der Waals surface area (Å²) in [6.45, 7) is 11.8. The van der Waals surface area contributed by atoms with Gasteiger partial charge in [0.15, 0.2) is 0 Å². The van der Waals surface area contributed by atoms with Crippen molar-refractivity contribution >= 4 is 17.1 Å². The van der Waals surface area contributed by atoms with E-state index in [1.54, 1.807) is 19.9 Å². The second kappa shape index (κ2) is 7.94. The van der Waals surface area contributed by atoms with Crippen molar-refractivity contribution in [3.05, 3.63) is 35.2 Å². The van der Waals surface area contributed by atoms with Crippen molar-refractivity contribution in [2.45, 2.75) is 53.6 Å². The lowest BCUT2D eigenvalue weighted by Gasteiger charge is -2.31. The normalized spacial score (nSPS) is 16.0. The minimum absolute atomic E-state index is 0.122. The number of esters is 1. The molecule has 0 saturated heterocycles. The first kappa shape index (κ1) is 20.0. The van der Waals surface area contributed by atoms with Crippen LogP contribution < -0.4 is 9.47 Å². The van der Waals surface area contributed by atoms with Crippen LogP contribution >= 0.6 is 0 Å². The second-order valence-electron chi connectivity index (χ2n) is 6.68. The maximum absolute atomic E-state index is 14.7. The Hall–Kier alpha value is -2.30. The van der Waals surface area contributed by atoms with Gasteiger partial charge < -0.3 is 14.2 Å². The van der Waals surface area contributed by atoms with Gasteiger partial charge in [-0.05, 0) is 58.8 Å². The molecule has 2 rings (SSSR count). The summed E-state index contributed by atoms with van der Waals surface area (Å²) in [5, 5.41) is 0. The van der Waals surface area contributed by atoms with Crippen LogP contribution in [0.5, 0.6) is 11.5 Å². The third-order valence-electron chi connectivity index (χ3n) is 4.14. The van der Waals surface area contributed by atoms with Gasteiger partial charge in [-0.25, -0.2) is 4.79 Å². The SMILES string of the molecule is CCOC(=O)C(F)=C(CC)c1cc2c(cc1OCC)OC(C)(C)C=C2C. The van der Waals surface area contributed by atoms with E-state index in [-0.39, 0.29) is 12.2 Å². The number of halogens is 1. The molecule has 1 aromatic carbocycles. The Balaban J connectivity index is 2.66. The van der Waals surface area contributed by atoms with Crippen molar-refractivity contribution in [2.24, 2.45) is 0 Å². The fourth-order valence-corrected chi connectivity index (χ4v) is 3.16. The van der Waals surface area contributed by atoms with Crippen molar-refractivity contribution in [3.63, 3.8) is 0 Å². The largest absolute Gasteiger partial charge is 0.493 e. The molecule has 0 saturated carbocycles. The third-order valence-corrected chi connectivity index (χ3v) is 4.14. The van der Waals surface area contributed by atoms with E-state index in [1.165, 1.54) is 0 Å². The van der Waals surface area contributed by atoms with E-state index in [0.717, 1.165) is 11.1 Å². The van der Waals surface area contributed by atoms with E-state index in [1.807, 2.05) is 39.8 Å². The molecule has 142 valence electrons. The zero-order valence-electron chi connectivity index (χ0n) is 16.4. The zero-order valence-corrected chi connectivity index (χ0v) is 16.4. The van der Waals surface area contributed by atoms with Gasteiger partial charge in [-0.15, -0.1) is 0 Å². The van der Waals surface area contributed by atoms with Crippen molar-refractivity contribution in [1.29, 1.82) is 0 Å². The summed E-state index contributed by atoms with van der Waals surface area (Å²) in [6, 6.07) is 3.61. The van der Waals surface area contributed by atoms with Crippen LogP contribution in [0.15, 0.2) is 24.0 Å². The molecule has 1 aliphatic heterocycles. The predicted molar refractivity (Wildman–Crippen MR) is 101 cm³/mol. The minimum atomic E-state index is -0.950. The average Bonchev–Trinajstić information content (AvgIpc) is 2.55. The van der Waals surface area contributed by atoms with Gasteiger partial charge >= 0.3 is 5.97 Å². The second-order valence-corrected chi connectivity index (χ2v) is 6.68. The number of fused-ring (bicyclic) bond motifs is 1. The molecule has 0 aromatic heterocycles. The number of ether oxygens (including phenoxy) is 3. The lowest BCUT2D eigenvalue weighted by Crippen LogP contribution is -2.28. The Kier molecular flexibility index (Phi) is 6.11. The molecule has 0 fully saturated rings. The zero-order chi connectivity index (χ0) is 19.5. The predicted octanol–water partition coefficient (Wildman–Crippen LogP) is 5.31. The first-order valence-electron chi connectivity index (χ1n) is 8.99. The van der Waals surface area contributed by atoms with Crippen LogP contribution in [0.1, 0.15) is 59.1 Å². The van der Waals surface area contributed by atoms with Gasteiger partial charge in [-0.2, -0.15) is 4.39 Å². The highest BCUT2D eigenvalue weighted by molar-refractivity contribution is 5.96. The Morgan fingerprint density at radius 2 is 1.88 bits per heavy atom. The van der Waals surface area contributed by atoms with Crippen LogP contribution in [0, 0.1) is 0 Å². The summed E-state index contributed by atoms with van der Waals surface area (Å²) in [5.74, 6) is -0.648. The molecule has 5 heteroatoms. The first-order valence-corrected chi connectivity index (χ1v) is 8.99. The van der Waals surface area contributed by atoms with Crippen LogP contribution in [0.25, 0.3) is 11.1 Å². The van der Waals surface area contributed by atoms with Gasteiger partial charge in [-0.3, -0.25) is 0 Å². The highest BCUT2D eigenvalue weighted by Gasteiger charge is 2.28. The summed E-state index contributed by atoms with van der Waals surface area (Å²) in [7, 11) is 0. The summed E-state index contributed by atoms with van der Waals surface area (Å²) in [6.07, 6.45) is 2.36. The molecule has 0 unspecified atom stereocenters. The van der Waals surface area contributed by atoms with Crippen molar-refractivity contribution in [3.8, 4) is 11.5 Å². The number of carbonyl (C=O) groups is 1. The highest BCUT2D eigenvalue weighted by atomic mass is 19.1. The van der Waals surface area contributed by atoms with E-state index in [9.17, 15) is 9.18 Å². The van der Waals surface area contributed by atoms with E-state index >= 15 is 0 Å². The van der Waals surface area contributed by atoms with Crippen LogP contribution in [0.2, 0.25) is 0 Å². The molecule has 0 aliphatic carbocycles. The van der Waals surface area contributed by atoms with Crippen molar-refractivity contribution in [2.75, 3.05) is 13.2 Å². The number of hydrogen-bond donors (Lipinski definition) is 0. The number of carbonyl (C=O) groups excluding carboxylic acids is 1. The smallest absolute Gasteiger partial charge is 0.367 e. The first-order chi connectivity index (χ1) is 12.2. The topological polar surface area (TPSA) is 44.8 Å². The minimum Gasteiger partial charge on any atom is -0.493 e. The molecule has 4 nitrogen and oxygen atoms in total. The third kappa shape index (κ3) is 4.09. The Morgan fingerprint density at radius 1 is 1.19 bits per heavy atom. The Morgan fingerprint density at radius 3 is 2.46 bits per heavy atom. The number of allylic oxidation sites excluding steroid dienone is 2. The molecule has 1 aromatic rings. The molecule has 26 heavy (non-hydrogen) atoms. The summed E-state index contributed by atoms with van der Waals surface area (Å²) < 4.78 is 31.3. The van der Waals surface area contributed by atoms with Crippen LogP contribution in [-0.2, 0) is 9.53 Å². The molecular formula is C21H27FO4. The molecule has 1 heterocycles. The van der Waals surface area contributed by atoms with Gasteiger partial charge in [0.1, 0.15) is 17.1 Å². The fraction of sp³-hybridized carbons (Fsp3) is 0.476. The molecule has 0 amide bonds. The molecule has 0 spiro atoms. The Labute approximate surface area is 154 Å². The maximum atomic E-state index is 14.7. The molecule has 0 radical (unpaired) electrons. The van der Waals surface area contributed by atoms with Crippen molar-refractivity contribution < 1.29 is 23.4 Å². The van der Waals surface area contributed by atoms with Gasteiger partial charge in [0, 0.05) is 22.8 Å². The van der Waals surface area contributed by atoms with Crippen molar-refractivity contribution in [1.82, 2.24) is 0 Å². The standard InChI is InChI=1S/C21H27FO4/c1-7-14(19(22)20(23)25-9-3)16-10-15-13(4)12-21(5,6)26-18(15)11-17(16)24-8-2/h10-12H,7-9H2,1-6H3. The molecule has 0 bridgehead atoms. The van der Waals surface area contributed by atoms with Crippen LogP contribution in [-0.4, -0.2) is 24.8 Å². The van der Waals surface area contributed by atoms with E-state index in [0.29, 0.717) is 30.1 Å². The van der Waals surface area contributed by atoms with Gasteiger partial charge in [0.25, 0.3) is 0 Å². The molecular weight excluding hydrogens is 335 g/mol. The van der Waals surface area contributed by atoms with E-state index in [4.69, 9.17) is 14.2 Å². The molecule has 0 atom stereocenters. The number of benzene rings is 1. The highest BCUT2D eigenvalue weighted by Crippen LogP contribution is 2.43. The number of hydrogen-bond acceptors (Lipinski definition) is 4. The maximum Gasteiger partial charge on any atom is 0.367 e. The molecule has 1 aliphatic rings. The summed E-state index contributed by atoms with van der Waals surface area (Å²) in [5.41, 5.74) is 2.29.